The Kier molecular flexibility index (Phi) is 7.22. The van der Waals surface area contributed by atoms with Crippen LogP contribution in [0.15, 0.2) is 53.7 Å². The van der Waals surface area contributed by atoms with E-state index < -0.39 is 0 Å². The van der Waals surface area contributed by atoms with Crippen LogP contribution in [0.1, 0.15) is 36.8 Å². The van der Waals surface area contributed by atoms with Gasteiger partial charge in [-0.25, -0.2) is 4.98 Å². The third kappa shape index (κ3) is 5.79. The molecule has 1 saturated heterocycles. The topological polar surface area (TPSA) is 69.6 Å². The number of guanidine groups is 1. The van der Waals surface area contributed by atoms with Crippen LogP contribution in [0.25, 0.3) is 0 Å². The van der Waals surface area contributed by atoms with Gasteiger partial charge >= 0.3 is 0 Å². The number of hydrogen-bond donors (Lipinski definition) is 2. The first-order valence-electron chi connectivity index (χ1n) is 10.3. The van der Waals surface area contributed by atoms with E-state index in [1.165, 1.54) is 5.56 Å². The van der Waals surface area contributed by atoms with E-state index in [4.69, 9.17) is 0 Å². The van der Waals surface area contributed by atoms with E-state index in [1.54, 1.807) is 13.2 Å². The maximum Gasteiger partial charge on any atom is 0.227 e. The summed E-state index contributed by atoms with van der Waals surface area (Å²) in [7, 11) is 1.80. The summed E-state index contributed by atoms with van der Waals surface area (Å²) in [5.41, 5.74) is 2.49. The van der Waals surface area contributed by atoms with Crippen molar-refractivity contribution in [1.82, 2.24) is 15.2 Å². The van der Waals surface area contributed by atoms with Gasteiger partial charge in [0, 0.05) is 39.3 Å². The van der Waals surface area contributed by atoms with Crippen LogP contribution >= 0.6 is 0 Å². The Labute approximate surface area is 173 Å². The molecule has 1 amide bonds. The number of nitrogens with zero attached hydrogens (tertiary/aromatic N) is 3. The third-order valence-electron chi connectivity index (χ3n) is 5.46. The zero-order chi connectivity index (χ0) is 20.6. The Morgan fingerprint density at radius 3 is 2.69 bits per heavy atom. The second-order valence-corrected chi connectivity index (χ2v) is 7.72. The molecule has 2 heterocycles. The van der Waals surface area contributed by atoms with Crippen LogP contribution in [-0.4, -0.2) is 48.4 Å². The normalized spacial score (nSPS) is 19.7. The lowest BCUT2D eigenvalue weighted by Crippen LogP contribution is -2.48. The number of pyridine rings is 1. The largest absolute Gasteiger partial charge is 0.356 e. The molecule has 1 fully saturated rings. The highest BCUT2D eigenvalue weighted by atomic mass is 16.1. The Morgan fingerprint density at radius 2 is 2.03 bits per heavy atom. The van der Waals surface area contributed by atoms with Gasteiger partial charge in [-0.1, -0.05) is 43.3 Å². The molecule has 2 aromatic rings. The van der Waals surface area contributed by atoms with Crippen LogP contribution in [0, 0.1) is 12.8 Å². The van der Waals surface area contributed by atoms with Crippen LogP contribution in [-0.2, 0) is 4.79 Å². The smallest absolute Gasteiger partial charge is 0.227 e. The van der Waals surface area contributed by atoms with Crippen LogP contribution in [0.5, 0.6) is 0 Å². The molecule has 0 aliphatic carbocycles. The summed E-state index contributed by atoms with van der Waals surface area (Å²) >= 11 is 0. The summed E-state index contributed by atoms with van der Waals surface area (Å²) in [6, 6.07) is 14.5. The molecule has 1 aliphatic rings. The molecule has 2 unspecified atom stereocenters. The number of aromatic nitrogens is 1. The molecule has 3 rings (SSSR count). The van der Waals surface area contributed by atoms with Crippen LogP contribution in [0.2, 0.25) is 0 Å². The Morgan fingerprint density at radius 1 is 1.24 bits per heavy atom. The first-order valence-corrected chi connectivity index (χ1v) is 10.3. The summed E-state index contributed by atoms with van der Waals surface area (Å²) in [5, 5.41) is 6.16. The Hall–Kier alpha value is -2.89. The van der Waals surface area contributed by atoms with Gasteiger partial charge in [0.1, 0.15) is 5.82 Å². The van der Waals surface area contributed by atoms with E-state index >= 15 is 0 Å². The predicted octanol–water partition coefficient (Wildman–Crippen LogP) is 3.42. The van der Waals surface area contributed by atoms with Gasteiger partial charge in [-0.2, -0.15) is 0 Å². The molecule has 0 bridgehead atoms. The van der Waals surface area contributed by atoms with Crippen molar-refractivity contribution in [2.24, 2.45) is 10.9 Å². The molecule has 2 N–H and O–H groups in total. The second-order valence-electron chi connectivity index (χ2n) is 7.72. The predicted molar refractivity (Wildman–Crippen MR) is 118 cm³/mol. The summed E-state index contributed by atoms with van der Waals surface area (Å²) < 4.78 is 0. The summed E-state index contributed by atoms with van der Waals surface area (Å²) in [4.78, 5) is 23.1. The number of likely N-dealkylation sites (tertiary alicyclic amines) is 1. The second kappa shape index (κ2) is 10.0. The van der Waals surface area contributed by atoms with Crippen molar-refractivity contribution in [2.45, 2.75) is 32.6 Å². The van der Waals surface area contributed by atoms with Crippen molar-refractivity contribution >= 4 is 17.7 Å². The molecule has 154 valence electrons. The first kappa shape index (κ1) is 20.8. The average molecular weight is 394 g/mol. The summed E-state index contributed by atoms with van der Waals surface area (Å²) in [6.45, 7) is 6.73. The minimum absolute atomic E-state index is 0.0551. The number of benzene rings is 1. The molecular formula is C23H31N5O. The van der Waals surface area contributed by atoms with E-state index in [9.17, 15) is 4.79 Å². The van der Waals surface area contributed by atoms with Gasteiger partial charge in [-0.3, -0.25) is 9.79 Å². The number of amides is 1. The molecule has 0 spiro atoms. The Bertz CT molecular complexity index is 819. The molecule has 1 aromatic heterocycles. The molecule has 29 heavy (non-hydrogen) atoms. The van der Waals surface area contributed by atoms with Crippen molar-refractivity contribution in [3.05, 3.63) is 59.8 Å². The molecule has 1 aliphatic heterocycles. The molecule has 1 aromatic carbocycles. The molecule has 6 nitrogen and oxygen atoms in total. The van der Waals surface area contributed by atoms with Gasteiger partial charge in [0.25, 0.3) is 0 Å². The van der Waals surface area contributed by atoms with Gasteiger partial charge in [0.15, 0.2) is 5.96 Å². The van der Waals surface area contributed by atoms with Crippen LogP contribution < -0.4 is 10.6 Å². The zero-order valence-corrected chi connectivity index (χ0v) is 17.6. The molecular weight excluding hydrogens is 362 g/mol. The lowest BCUT2D eigenvalue weighted by molar-refractivity contribution is -0.116. The molecule has 0 saturated carbocycles. The van der Waals surface area contributed by atoms with E-state index in [1.807, 2.05) is 19.1 Å². The number of carbonyl (C=O) groups is 1. The van der Waals surface area contributed by atoms with Gasteiger partial charge in [-0.05, 0) is 42.4 Å². The van der Waals surface area contributed by atoms with E-state index in [0.717, 1.165) is 31.0 Å². The number of piperidine rings is 1. The monoisotopic (exact) mass is 393 g/mol. The van der Waals surface area contributed by atoms with Gasteiger partial charge < -0.3 is 15.5 Å². The van der Waals surface area contributed by atoms with Crippen molar-refractivity contribution in [3.63, 3.8) is 0 Å². The lowest BCUT2D eigenvalue weighted by Gasteiger charge is -2.38. The van der Waals surface area contributed by atoms with Crippen LogP contribution in [0.3, 0.4) is 0 Å². The fourth-order valence-corrected chi connectivity index (χ4v) is 3.90. The van der Waals surface area contributed by atoms with E-state index in [0.29, 0.717) is 30.6 Å². The zero-order valence-electron chi connectivity index (χ0n) is 17.6. The number of nitrogens with one attached hydrogen (secondary N) is 2. The SMILES string of the molecule is CN=C(NCCC(=O)Nc1ccc(C)cn1)N1CCC(c2ccccc2)C(C)C1. The highest BCUT2D eigenvalue weighted by Crippen LogP contribution is 2.32. The number of aliphatic imine (C=N–C) groups is 1. The lowest BCUT2D eigenvalue weighted by atomic mass is 9.82. The van der Waals surface area contributed by atoms with E-state index in [-0.39, 0.29) is 5.91 Å². The van der Waals surface area contributed by atoms with Crippen molar-refractivity contribution < 1.29 is 4.79 Å². The Balaban J connectivity index is 1.45. The summed E-state index contributed by atoms with van der Waals surface area (Å²) in [6.07, 6.45) is 3.21. The van der Waals surface area contributed by atoms with Gasteiger partial charge in [0.2, 0.25) is 5.91 Å². The van der Waals surface area contributed by atoms with Crippen LogP contribution in [0.4, 0.5) is 5.82 Å². The number of carbonyl (C=O) groups excluding carboxylic acids is 1. The highest BCUT2D eigenvalue weighted by molar-refractivity contribution is 5.90. The number of anilines is 1. The van der Waals surface area contributed by atoms with Gasteiger partial charge in [-0.15, -0.1) is 0 Å². The molecule has 0 radical (unpaired) electrons. The summed E-state index contributed by atoms with van der Waals surface area (Å²) in [5.74, 6) is 2.52. The van der Waals surface area contributed by atoms with Crippen molar-refractivity contribution in [1.29, 1.82) is 0 Å². The minimum atomic E-state index is -0.0551. The molecule has 6 heteroatoms. The number of rotatable bonds is 5. The highest BCUT2D eigenvalue weighted by Gasteiger charge is 2.28. The minimum Gasteiger partial charge on any atom is -0.356 e. The maximum atomic E-state index is 12.2. The fourth-order valence-electron chi connectivity index (χ4n) is 3.90. The fraction of sp³-hybridized carbons (Fsp3) is 0.435. The first-order chi connectivity index (χ1) is 14.1. The van der Waals surface area contributed by atoms with Gasteiger partial charge in [0.05, 0.1) is 0 Å². The van der Waals surface area contributed by atoms with Crippen molar-refractivity contribution in [2.75, 3.05) is 32.0 Å². The average Bonchev–Trinajstić information content (AvgIpc) is 2.73. The number of hydrogen-bond acceptors (Lipinski definition) is 3. The number of aryl methyl sites for hydroxylation is 1. The molecule has 2 atom stereocenters. The third-order valence-corrected chi connectivity index (χ3v) is 5.46. The van der Waals surface area contributed by atoms with E-state index in [2.05, 4.69) is 62.8 Å². The van der Waals surface area contributed by atoms with Crippen molar-refractivity contribution in [3.8, 4) is 0 Å². The standard InChI is InChI=1S/C23H31N5O/c1-17-9-10-21(26-15-17)27-22(29)11-13-25-23(24-3)28-14-12-20(18(2)16-28)19-7-5-4-6-8-19/h4-10,15,18,20H,11-14,16H2,1-3H3,(H,24,25)(H,26,27,29). The maximum absolute atomic E-state index is 12.2. The quantitative estimate of drug-likeness (QED) is 0.603.